The van der Waals surface area contributed by atoms with Crippen molar-refractivity contribution in [3.63, 3.8) is 0 Å². The fourth-order valence-electron chi connectivity index (χ4n) is 2.35. The summed E-state index contributed by atoms with van der Waals surface area (Å²) in [4.78, 5) is 1.37. The molecule has 4 heteroatoms. The fourth-order valence-corrected chi connectivity index (χ4v) is 3.32. The second-order valence-electron chi connectivity index (χ2n) is 5.30. The predicted octanol–water partition coefficient (Wildman–Crippen LogP) is 4.25. The van der Waals surface area contributed by atoms with E-state index in [9.17, 15) is 0 Å². The van der Waals surface area contributed by atoms with Gasteiger partial charge in [0.1, 0.15) is 11.5 Å². The van der Waals surface area contributed by atoms with Crippen molar-refractivity contribution in [1.29, 1.82) is 0 Å². The van der Waals surface area contributed by atoms with Crippen molar-refractivity contribution in [2.75, 3.05) is 14.2 Å². The molecule has 0 radical (unpaired) electrons. The largest absolute Gasteiger partial charge is 0.497 e. The van der Waals surface area contributed by atoms with Crippen LogP contribution in [0.25, 0.3) is 0 Å². The Hall–Kier alpha value is -1.52. The molecule has 0 saturated heterocycles. The van der Waals surface area contributed by atoms with Crippen LogP contribution in [-0.2, 0) is 6.54 Å². The Bertz CT molecular complexity index is 552. The zero-order valence-corrected chi connectivity index (χ0v) is 13.9. The number of rotatable bonds is 7. The zero-order chi connectivity index (χ0) is 15.2. The lowest BCUT2D eigenvalue weighted by molar-refractivity contribution is 0.381. The Labute approximate surface area is 130 Å². The van der Waals surface area contributed by atoms with Gasteiger partial charge in [-0.05, 0) is 23.4 Å². The van der Waals surface area contributed by atoms with Gasteiger partial charge in [-0.3, -0.25) is 0 Å². The van der Waals surface area contributed by atoms with E-state index in [-0.39, 0.29) is 0 Å². The van der Waals surface area contributed by atoms with Gasteiger partial charge in [0, 0.05) is 29.1 Å². The molecule has 2 aromatic rings. The Morgan fingerprint density at radius 1 is 1.14 bits per heavy atom. The van der Waals surface area contributed by atoms with Crippen LogP contribution in [0.3, 0.4) is 0 Å². The number of ether oxygens (including phenoxy) is 2. The van der Waals surface area contributed by atoms with E-state index in [1.54, 1.807) is 25.6 Å². The van der Waals surface area contributed by atoms with E-state index in [2.05, 4.69) is 42.7 Å². The van der Waals surface area contributed by atoms with E-state index in [1.165, 1.54) is 4.88 Å². The van der Waals surface area contributed by atoms with E-state index in [4.69, 9.17) is 9.47 Å². The maximum Gasteiger partial charge on any atom is 0.127 e. The zero-order valence-electron chi connectivity index (χ0n) is 13.1. The first kappa shape index (κ1) is 15.9. The lowest BCUT2D eigenvalue weighted by Crippen LogP contribution is -2.24. The summed E-state index contributed by atoms with van der Waals surface area (Å²) in [6.07, 6.45) is 0. The van der Waals surface area contributed by atoms with Gasteiger partial charge in [-0.15, -0.1) is 11.3 Å². The van der Waals surface area contributed by atoms with Crippen LogP contribution in [0, 0.1) is 5.92 Å². The Balaban J connectivity index is 2.11. The first-order valence-corrected chi connectivity index (χ1v) is 8.01. The maximum absolute atomic E-state index is 5.45. The summed E-state index contributed by atoms with van der Waals surface area (Å²) < 4.78 is 10.7. The fraction of sp³-hybridized carbons (Fsp3) is 0.412. The van der Waals surface area contributed by atoms with Gasteiger partial charge in [-0.25, -0.2) is 0 Å². The Kier molecular flexibility index (Phi) is 5.65. The van der Waals surface area contributed by atoms with Crippen molar-refractivity contribution in [3.8, 4) is 11.5 Å². The topological polar surface area (TPSA) is 30.5 Å². The molecule has 0 aliphatic rings. The molecular weight excluding hydrogens is 282 g/mol. The first-order chi connectivity index (χ1) is 10.2. The van der Waals surface area contributed by atoms with Gasteiger partial charge >= 0.3 is 0 Å². The van der Waals surface area contributed by atoms with Gasteiger partial charge in [0.05, 0.1) is 14.2 Å². The lowest BCUT2D eigenvalue weighted by Gasteiger charge is -2.22. The molecule has 2 rings (SSSR count). The SMILES string of the molecule is COc1ccc(CN[C@H](c2cccs2)C(C)C)c(OC)c1. The van der Waals surface area contributed by atoms with Crippen LogP contribution >= 0.6 is 11.3 Å². The highest BCUT2D eigenvalue weighted by molar-refractivity contribution is 7.10. The second-order valence-corrected chi connectivity index (χ2v) is 6.28. The van der Waals surface area contributed by atoms with Crippen molar-refractivity contribution < 1.29 is 9.47 Å². The standard InChI is InChI=1S/C17H23NO2S/c1-12(2)17(16-6-5-9-21-16)18-11-13-7-8-14(19-3)10-15(13)20-4/h5-10,12,17-18H,11H2,1-4H3/t17-/m0/s1. The molecule has 1 aromatic heterocycles. The molecule has 0 amide bonds. The summed E-state index contributed by atoms with van der Waals surface area (Å²) in [5, 5.41) is 5.77. The number of benzene rings is 1. The average Bonchev–Trinajstić information content (AvgIpc) is 3.01. The van der Waals surface area contributed by atoms with E-state index < -0.39 is 0 Å². The Morgan fingerprint density at radius 2 is 1.95 bits per heavy atom. The van der Waals surface area contributed by atoms with Crippen molar-refractivity contribution in [1.82, 2.24) is 5.32 Å². The van der Waals surface area contributed by atoms with Crippen molar-refractivity contribution in [2.24, 2.45) is 5.92 Å². The molecule has 0 fully saturated rings. The molecular formula is C17H23NO2S. The summed E-state index contributed by atoms with van der Waals surface area (Å²) >= 11 is 1.80. The smallest absolute Gasteiger partial charge is 0.127 e. The summed E-state index contributed by atoms with van der Waals surface area (Å²) in [5.41, 5.74) is 1.14. The van der Waals surface area contributed by atoms with Gasteiger partial charge in [0.2, 0.25) is 0 Å². The third-order valence-corrected chi connectivity index (χ3v) is 4.48. The molecule has 114 valence electrons. The van der Waals surface area contributed by atoms with Gasteiger partial charge in [-0.2, -0.15) is 0 Å². The normalized spacial score (nSPS) is 12.4. The summed E-state index contributed by atoms with van der Waals surface area (Å²) in [6, 6.07) is 10.6. The molecule has 3 nitrogen and oxygen atoms in total. The van der Waals surface area contributed by atoms with Crippen molar-refractivity contribution in [3.05, 3.63) is 46.2 Å². The molecule has 0 aliphatic carbocycles. The van der Waals surface area contributed by atoms with Crippen LogP contribution in [-0.4, -0.2) is 14.2 Å². The van der Waals surface area contributed by atoms with Crippen LogP contribution in [0.1, 0.15) is 30.3 Å². The molecule has 0 spiro atoms. The van der Waals surface area contributed by atoms with Gasteiger partial charge < -0.3 is 14.8 Å². The number of hydrogen-bond acceptors (Lipinski definition) is 4. The highest BCUT2D eigenvalue weighted by atomic mass is 32.1. The number of thiophene rings is 1. The van der Waals surface area contributed by atoms with E-state index in [1.807, 2.05) is 12.1 Å². The minimum Gasteiger partial charge on any atom is -0.497 e. The lowest BCUT2D eigenvalue weighted by atomic mass is 10.0. The number of hydrogen-bond donors (Lipinski definition) is 1. The van der Waals surface area contributed by atoms with E-state index >= 15 is 0 Å². The summed E-state index contributed by atoms with van der Waals surface area (Å²) in [7, 11) is 3.36. The van der Waals surface area contributed by atoms with Gasteiger partial charge in [-0.1, -0.05) is 26.0 Å². The molecule has 1 atom stereocenters. The summed E-state index contributed by atoms with van der Waals surface area (Å²) in [5.74, 6) is 2.21. The highest BCUT2D eigenvalue weighted by Crippen LogP contribution is 2.28. The Morgan fingerprint density at radius 3 is 2.52 bits per heavy atom. The molecule has 21 heavy (non-hydrogen) atoms. The van der Waals surface area contributed by atoms with Crippen molar-refractivity contribution >= 4 is 11.3 Å². The quantitative estimate of drug-likeness (QED) is 0.829. The van der Waals surface area contributed by atoms with Crippen LogP contribution in [0.5, 0.6) is 11.5 Å². The van der Waals surface area contributed by atoms with Crippen LogP contribution in [0.2, 0.25) is 0 Å². The van der Waals surface area contributed by atoms with E-state index in [0.717, 1.165) is 23.6 Å². The predicted molar refractivity (Wildman–Crippen MR) is 88.3 cm³/mol. The number of methoxy groups -OCH3 is 2. The highest BCUT2D eigenvalue weighted by Gasteiger charge is 2.17. The number of nitrogens with one attached hydrogen (secondary N) is 1. The van der Waals surface area contributed by atoms with Crippen molar-refractivity contribution in [2.45, 2.75) is 26.4 Å². The van der Waals surface area contributed by atoms with Gasteiger partial charge in [0.25, 0.3) is 0 Å². The molecule has 0 unspecified atom stereocenters. The molecule has 0 bridgehead atoms. The molecule has 0 aliphatic heterocycles. The van der Waals surface area contributed by atoms with Crippen LogP contribution in [0.15, 0.2) is 35.7 Å². The molecule has 1 N–H and O–H groups in total. The monoisotopic (exact) mass is 305 g/mol. The van der Waals surface area contributed by atoms with E-state index in [0.29, 0.717) is 12.0 Å². The summed E-state index contributed by atoms with van der Waals surface area (Å²) in [6.45, 7) is 5.25. The minimum atomic E-state index is 0.358. The van der Waals surface area contributed by atoms with Gasteiger partial charge in [0.15, 0.2) is 0 Å². The molecule has 1 heterocycles. The molecule has 0 saturated carbocycles. The maximum atomic E-state index is 5.45. The average molecular weight is 305 g/mol. The first-order valence-electron chi connectivity index (χ1n) is 7.13. The third kappa shape index (κ3) is 3.99. The minimum absolute atomic E-state index is 0.358. The van der Waals surface area contributed by atoms with Crippen LogP contribution in [0.4, 0.5) is 0 Å². The second kappa shape index (κ2) is 7.48. The third-order valence-electron chi connectivity index (χ3n) is 3.52. The van der Waals surface area contributed by atoms with Crippen LogP contribution < -0.4 is 14.8 Å². The molecule has 1 aromatic carbocycles.